The van der Waals surface area contributed by atoms with Crippen LogP contribution >= 0.6 is 0 Å². The maximum Gasteiger partial charge on any atom is 0.220 e. The Hall–Kier alpha value is -3.28. The molecule has 1 amide bonds. The summed E-state index contributed by atoms with van der Waals surface area (Å²) >= 11 is 0. The number of hydrogen-bond acceptors (Lipinski definition) is 4. The molecule has 0 atom stereocenters. The molecule has 3 rings (SSSR count). The van der Waals surface area contributed by atoms with E-state index in [1.54, 1.807) is 20.4 Å². The highest BCUT2D eigenvalue weighted by Gasteiger charge is 2.08. The fourth-order valence-electron chi connectivity index (χ4n) is 3.00. The molecule has 1 aromatic heterocycles. The summed E-state index contributed by atoms with van der Waals surface area (Å²) in [4.78, 5) is 12.2. The van der Waals surface area contributed by atoms with E-state index in [1.165, 1.54) is 5.56 Å². The molecule has 6 nitrogen and oxygen atoms in total. The quantitative estimate of drug-likeness (QED) is 0.620. The molecule has 146 valence electrons. The van der Waals surface area contributed by atoms with Crippen LogP contribution in [0.1, 0.15) is 17.5 Å². The highest BCUT2D eigenvalue weighted by molar-refractivity contribution is 5.76. The van der Waals surface area contributed by atoms with E-state index in [2.05, 4.69) is 22.5 Å². The maximum absolute atomic E-state index is 12.2. The Kier molecular flexibility index (Phi) is 6.68. The van der Waals surface area contributed by atoms with Gasteiger partial charge in [-0.1, -0.05) is 12.1 Å². The van der Waals surface area contributed by atoms with Crippen molar-refractivity contribution < 1.29 is 14.3 Å². The summed E-state index contributed by atoms with van der Waals surface area (Å²) in [6.07, 6.45) is 5.46. The number of nitrogens with zero attached hydrogens (tertiary/aromatic N) is 2. The highest BCUT2D eigenvalue weighted by Crippen LogP contribution is 2.25. The molecule has 2 aromatic carbocycles. The molecule has 0 aliphatic carbocycles. The molecule has 0 bridgehead atoms. The summed E-state index contributed by atoms with van der Waals surface area (Å²) in [6, 6.07) is 15.7. The van der Waals surface area contributed by atoms with Crippen LogP contribution in [-0.4, -0.2) is 36.5 Å². The van der Waals surface area contributed by atoms with E-state index in [-0.39, 0.29) is 5.91 Å². The van der Waals surface area contributed by atoms with Gasteiger partial charge in [-0.15, -0.1) is 0 Å². The lowest BCUT2D eigenvalue weighted by Gasteiger charge is -2.11. The molecule has 0 radical (unpaired) electrons. The van der Waals surface area contributed by atoms with Gasteiger partial charge in [0.25, 0.3) is 0 Å². The van der Waals surface area contributed by atoms with Gasteiger partial charge in [-0.3, -0.25) is 4.79 Å². The molecule has 1 heterocycles. The average molecular weight is 379 g/mol. The van der Waals surface area contributed by atoms with Crippen LogP contribution in [0.2, 0.25) is 0 Å². The molecule has 0 spiro atoms. The fourth-order valence-corrected chi connectivity index (χ4v) is 3.00. The van der Waals surface area contributed by atoms with Crippen LogP contribution in [0.4, 0.5) is 0 Å². The van der Waals surface area contributed by atoms with Crippen LogP contribution in [0, 0.1) is 0 Å². The number of aryl methyl sites for hydroxylation is 1. The number of aromatic nitrogens is 2. The van der Waals surface area contributed by atoms with Crippen LogP contribution < -0.4 is 14.8 Å². The Balaban J connectivity index is 1.45. The second-order valence-corrected chi connectivity index (χ2v) is 6.39. The fraction of sp³-hybridized carbons (Fsp3) is 0.273. The van der Waals surface area contributed by atoms with E-state index >= 15 is 0 Å². The minimum absolute atomic E-state index is 0.0260. The first-order valence-electron chi connectivity index (χ1n) is 9.26. The van der Waals surface area contributed by atoms with Gasteiger partial charge in [0, 0.05) is 25.4 Å². The molecule has 0 aliphatic rings. The lowest BCUT2D eigenvalue weighted by Crippen LogP contribution is -2.25. The van der Waals surface area contributed by atoms with Crippen molar-refractivity contribution in [2.24, 2.45) is 0 Å². The number of carbonyl (C=O) groups is 1. The van der Waals surface area contributed by atoms with Gasteiger partial charge in [0.1, 0.15) is 11.5 Å². The summed E-state index contributed by atoms with van der Waals surface area (Å²) in [5, 5.41) is 7.19. The highest BCUT2D eigenvalue weighted by atomic mass is 16.5. The van der Waals surface area contributed by atoms with Gasteiger partial charge in [-0.2, -0.15) is 5.10 Å². The first-order valence-corrected chi connectivity index (χ1v) is 9.26. The van der Waals surface area contributed by atoms with Gasteiger partial charge in [0.2, 0.25) is 5.91 Å². The number of nitrogens with one attached hydrogen (secondary N) is 1. The van der Waals surface area contributed by atoms with Crippen molar-refractivity contribution in [2.75, 3.05) is 20.8 Å². The van der Waals surface area contributed by atoms with Crippen LogP contribution in [0.25, 0.3) is 5.69 Å². The van der Waals surface area contributed by atoms with Crippen molar-refractivity contribution >= 4 is 5.91 Å². The van der Waals surface area contributed by atoms with Crippen molar-refractivity contribution in [3.63, 3.8) is 0 Å². The predicted octanol–water partition coefficient (Wildman–Crippen LogP) is 3.18. The van der Waals surface area contributed by atoms with Gasteiger partial charge >= 0.3 is 0 Å². The minimum atomic E-state index is 0.0260. The predicted molar refractivity (Wildman–Crippen MR) is 108 cm³/mol. The van der Waals surface area contributed by atoms with Gasteiger partial charge in [-0.05, 0) is 60.4 Å². The Labute approximate surface area is 165 Å². The molecular weight excluding hydrogens is 354 g/mol. The van der Waals surface area contributed by atoms with Crippen molar-refractivity contribution in [1.82, 2.24) is 15.1 Å². The van der Waals surface area contributed by atoms with Crippen LogP contribution in [0.15, 0.2) is 60.9 Å². The third-order valence-corrected chi connectivity index (χ3v) is 4.55. The molecule has 0 unspecified atom stereocenters. The zero-order valence-corrected chi connectivity index (χ0v) is 16.2. The van der Waals surface area contributed by atoms with Crippen LogP contribution in [0.3, 0.4) is 0 Å². The van der Waals surface area contributed by atoms with E-state index in [0.717, 1.165) is 29.2 Å². The largest absolute Gasteiger partial charge is 0.497 e. The number of hydrogen-bond donors (Lipinski definition) is 1. The summed E-state index contributed by atoms with van der Waals surface area (Å²) in [7, 11) is 3.25. The number of amides is 1. The second kappa shape index (κ2) is 9.60. The van der Waals surface area contributed by atoms with Gasteiger partial charge in [0.05, 0.1) is 19.9 Å². The molecule has 28 heavy (non-hydrogen) atoms. The first kappa shape index (κ1) is 19.5. The lowest BCUT2D eigenvalue weighted by molar-refractivity contribution is -0.121. The number of rotatable bonds is 9. The summed E-state index contributed by atoms with van der Waals surface area (Å²) in [5.41, 5.74) is 3.15. The Morgan fingerprint density at radius 2 is 1.89 bits per heavy atom. The average Bonchev–Trinajstić information content (AvgIpc) is 3.27. The van der Waals surface area contributed by atoms with Crippen molar-refractivity contribution in [2.45, 2.75) is 19.3 Å². The maximum atomic E-state index is 12.2. The smallest absolute Gasteiger partial charge is 0.220 e. The standard InChI is InChI=1S/C22H25N3O3/c1-27-20-9-10-21(28-2)18(16-20)6-11-22(26)23-14-12-17-4-7-19(8-5-17)25-15-3-13-24-25/h3-5,7-10,13,15-16H,6,11-12,14H2,1-2H3,(H,23,26). The van der Waals surface area contributed by atoms with E-state index < -0.39 is 0 Å². The van der Waals surface area contributed by atoms with Crippen LogP contribution in [-0.2, 0) is 17.6 Å². The normalized spacial score (nSPS) is 10.5. The van der Waals surface area contributed by atoms with Gasteiger partial charge in [0.15, 0.2) is 0 Å². The molecule has 6 heteroatoms. The molecule has 0 saturated carbocycles. The monoisotopic (exact) mass is 379 g/mol. The number of carbonyl (C=O) groups excluding carboxylic acids is 1. The topological polar surface area (TPSA) is 65.4 Å². The molecule has 3 aromatic rings. The summed E-state index contributed by atoms with van der Waals surface area (Å²) in [5.74, 6) is 1.55. The van der Waals surface area contributed by atoms with Gasteiger partial charge in [-0.25, -0.2) is 4.68 Å². The molecule has 0 aliphatic heterocycles. The summed E-state index contributed by atoms with van der Waals surface area (Å²) in [6.45, 7) is 0.606. The van der Waals surface area contributed by atoms with Crippen LogP contribution in [0.5, 0.6) is 11.5 Å². The number of benzene rings is 2. The van der Waals surface area contributed by atoms with E-state index in [9.17, 15) is 4.79 Å². The number of methoxy groups -OCH3 is 2. The Morgan fingerprint density at radius 1 is 1.07 bits per heavy atom. The Bertz CT molecular complexity index is 890. The van der Waals surface area contributed by atoms with Crippen molar-refractivity contribution in [3.05, 3.63) is 72.1 Å². The third kappa shape index (κ3) is 5.13. The van der Waals surface area contributed by atoms with E-state index in [4.69, 9.17) is 9.47 Å². The van der Waals surface area contributed by atoms with E-state index in [1.807, 2.05) is 47.3 Å². The molecule has 0 saturated heterocycles. The SMILES string of the molecule is COc1ccc(OC)c(CCC(=O)NCCc2ccc(-n3cccn3)cc2)c1. The zero-order chi connectivity index (χ0) is 19.8. The molecule has 0 fully saturated rings. The van der Waals surface area contributed by atoms with Crippen molar-refractivity contribution in [3.8, 4) is 17.2 Å². The Morgan fingerprint density at radius 3 is 2.57 bits per heavy atom. The van der Waals surface area contributed by atoms with Crippen molar-refractivity contribution in [1.29, 1.82) is 0 Å². The lowest BCUT2D eigenvalue weighted by atomic mass is 10.1. The zero-order valence-electron chi connectivity index (χ0n) is 16.2. The van der Waals surface area contributed by atoms with Gasteiger partial charge < -0.3 is 14.8 Å². The molecular formula is C22H25N3O3. The third-order valence-electron chi connectivity index (χ3n) is 4.55. The second-order valence-electron chi connectivity index (χ2n) is 6.39. The van der Waals surface area contributed by atoms with E-state index in [0.29, 0.717) is 19.4 Å². The molecule has 1 N–H and O–H groups in total. The summed E-state index contributed by atoms with van der Waals surface area (Å²) < 4.78 is 12.4. The minimum Gasteiger partial charge on any atom is -0.497 e. The first-order chi connectivity index (χ1) is 13.7. The number of ether oxygens (including phenoxy) is 2.